The molecule has 0 aliphatic heterocycles. The highest BCUT2D eigenvalue weighted by Gasteiger charge is 2.21. The van der Waals surface area contributed by atoms with Gasteiger partial charge in [0.15, 0.2) is 22.4 Å². The monoisotopic (exact) mass is 2020 g/mol. The molecule has 0 radical (unpaired) electrons. The second kappa shape index (κ2) is 45.6. The number of nitrogens with zero attached hydrogens (tertiary/aromatic N) is 8. The Hall–Kier alpha value is -12.3. The van der Waals surface area contributed by atoms with Crippen molar-refractivity contribution in [2.75, 3.05) is 37.2 Å². The van der Waals surface area contributed by atoms with Crippen molar-refractivity contribution in [3.05, 3.63) is 365 Å². The van der Waals surface area contributed by atoms with E-state index < -0.39 is 11.8 Å². The van der Waals surface area contributed by atoms with E-state index in [-0.39, 0.29) is 67.1 Å². The molecule has 0 atom stereocenters. The van der Waals surface area contributed by atoms with E-state index in [1.165, 1.54) is 79.0 Å². The van der Waals surface area contributed by atoms with Gasteiger partial charge in [-0.2, -0.15) is 4.37 Å². The minimum absolute atomic E-state index is 0.0941. The Bertz CT molecular complexity index is 6620. The van der Waals surface area contributed by atoms with E-state index >= 15 is 0 Å². The molecule has 7 amide bonds. The Morgan fingerprint density at radius 2 is 0.767 bits per heavy atom. The number of H-pyrrole nitrogens is 3. The van der Waals surface area contributed by atoms with Crippen LogP contribution < -0.4 is 37.2 Å². The van der Waals surface area contributed by atoms with Crippen LogP contribution in [0, 0.1) is 12.7 Å². The zero-order chi connectivity index (χ0) is 92.0. The first-order valence-electron chi connectivity index (χ1n) is 36.5. The number of furan rings is 2. The van der Waals surface area contributed by atoms with Crippen molar-refractivity contribution in [1.82, 2.24) is 54.2 Å². The SMILES string of the molecule is Cc1c(C(=O)Nc2ccc(Cl)nc2)[nH]c2ccccc12.O=C(Nc1ccc(Cl)nc1)c1cc2cc(Cl)ccc2[nH]1.O=C(Nc1ccc(Cl)nc1)c1cc2cc(Cl)ccc2o1.O=C(Nc1ccc(Cl)nc1)c1cc2cc(F)ccc2[nH]1.O=C(Nc1ccc(Cl)nc1)c1ccc(Cl)o1.O=C(Nc1ccc(Cl)nc1)c1ccc(Cl)s1.O=C(Nc1ccc(Cl)nc1)c1nsc(Cl)c1Cl. The number of anilines is 7. The normalized spacial score (nSPS) is 10.5. The van der Waals surface area contributed by atoms with Crippen LogP contribution >= 0.6 is 174 Å². The summed E-state index contributed by atoms with van der Waals surface area (Å²) >= 11 is 76.4. The molecule has 129 heavy (non-hydrogen) atoms. The summed E-state index contributed by atoms with van der Waals surface area (Å²) in [4.78, 5) is 120. The maximum Gasteiger partial charge on any atom is 0.291 e. The summed E-state index contributed by atoms with van der Waals surface area (Å²) in [5.74, 6) is -2.17. The summed E-state index contributed by atoms with van der Waals surface area (Å²) in [6, 6.07) is 56.8. The number of aryl methyl sites for hydroxylation is 1. The number of benzene rings is 4. The van der Waals surface area contributed by atoms with Crippen molar-refractivity contribution in [2.24, 2.45) is 0 Å². The number of thiophene rings is 1. The fourth-order valence-electron chi connectivity index (χ4n) is 10.9. The van der Waals surface area contributed by atoms with E-state index in [0.29, 0.717) is 129 Å². The lowest BCUT2D eigenvalue weighted by Gasteiger charge is -2.04. The van der Waals surface area contributed by atoms with Crippen LogP contribution in [-0.2, 0) is 0 Å². The molecule has 0 unspecified atom stereocenters. The number of aromatic nitrogens is 11. The van der Waals surface area contributed by atoms with Crippen LogP contribution in [0.2, 0.25) is 65.0 Å². The first kappa shape index (κ1) is 95.8. The van der Waals surface area contributed by atoms with Gasteiger partial charge in [0.2, 0.25) is 0 Å². The van der Waals surface area contributed by atoms with E-state index in [1.54, 1.807) is 152 Å². The molecule has 4 aromatic carbocycles. The van der Waals surface area contributed by atoms with Gasteiger partial charge in [-0.15, -0.1) is 11.3 Å². The van der Waals surface area contributed by atoms with Gasteiger partial charge in [0.25, 0.3) is 41.4 Å². The predicted octanol–water partition coefficient (Wildman–Crippen LogP) is 26.6. The van der Waals surface area contributed by atoms with Gasteiger partial charge in [-0.3, -0.25) is 33.6 Å². The molecule has 14 heterocycles. The molecule has 0 saturated heterocycles. The minimum Gasteiger partial charge on any atom is -0.451 e. The molecule has 0 aliphatic rings. The van der Waals surface area contributed by atoms with E-state index in [4.69, 9.17) is 160 Å². The van der Waals surface area contributed by atoms with Gasteiger partial charge in [-0.05, 0) is 224 Å². The standard InChI is InChI=1S/C15H12ClN3O.C14H9Cl2N3O.C14H8Cl2N2O2.C14H9ClFN3O.C10H6Cl2N2O2.C10H6Cl2N2OS.C9H4Cl3N3OS/c1-9-11-4-2-3-5-12(11)19-14(9)15(20)18-10-6-7-13(16)17-8-10;15-9-1-3-11-8(5-9)6-12(19-11)14(20)18-10-2-4-13(16)17-7-10;15-9-1-3-11-8(5-9)6-12(20-11)14(19)18-10-2-4-13(16)17-7-10;15-13-4-2-10(7-17-13)18-14(20)12-6-8-5-9(16)1-3-11(8)19-12;2*11-8-3-1-6(5-13-8)14-10(15)7-2-4-9(12)16-7;10-5-2-1-4(3-13-5)14-9(16)7-6(11)8(12)17-15-7/h2-8,19H,1H3,(H,18,20);1-7,19H,(H,18,20);1-7H,(H,18,19);1-7,19H,(H,18,20);2*1-5H,(H,14,15);1-3H,(H,14,16). The fraction of sp³-hybridized carbons (Fsp3) is 0.0116. The van der Waals surface area contributed by atoms with Gasteiger partial charge < -0.3 is 61.0 Å². The lowest BCUT2D eigenvalue weighted by Crippen LogP contribution is -2.13. The predicted molar refractivity (Wildman–Crippen MR) is 511 cm³/mol. The van der Waals surface area contributed by atoms with E-state index in [2.05, 4.69) is 91.4 Å². The van der Waals surface area contributed by atoms with E-state index in [0.717, 1.165) is 44.3 Å². The van der Waals surface area contributed by atoms with Crippen molar-refractivity contribution < 1.29 is 46.8 Å². The summed E-state index contributed by atoms with van der Waals surface area (Å²) in [7, 11) is 0. The topological polar surface area (TPSA) is 380 Å². The summed E-state index contributed by atoms with van der Waals surface area (Å²) in [5.41, 5.74) is 9.38. The number of hydrogen-bond acceptors (Lipinski definition) is 19. The second-order valence-corrected chi connectivity index (χ2v) is 33.3. The third-order valence-electron chi connectivity index (χ3n) is 16.9. The number of para-hydroxylation sites is 1. The number of amides is 7. The van der Waals surface area contributed by atoms with Gasteiger partial charge >= 0.3 is 0 Å². The Kier molecular flexibility index (Phi) is 33.9. The molecular formula is C86H54Cl13FN18O9S2. The zero-order valence-corrected chi connectivity index (χ0v) is 76.5. The molecule has 0 saturated carbocycles. The van der Waals surface area contributed by atoms with Gasteiger partial charge in [0, 0.05) is 48.1 Å². The lowest BCUT2D eigenvalue weighted by atomic mass is 10.1. The number of fused-ring (bicyclic) bond motifs is 4. The van der Waals surface area contributed by atoms with Crippen LogP contribution in [0.25, 0.3) is 43.7 Å². The summed E-state index contributed by atoms with van der Waals surface area (Å²) < 4.78 is 28.2. The smallest absolute Gasteiger partial charge is 0.291 e. The van der Waals surface area contributed by atoms with Crippen LogP contribution in [0.15, 0.2) is 258 Å². The molecule has 0 fully saturated rings. The minimum atomic E-state index is -0.442. The van der Waals surface area contributed by atoms with Gasteiger partial charge in [-0.1, -0.05) is 157 Å². The molecule has 0 bridgehead atoms. The largest absolute Gasteiger partial charge is 0.451 e. The molecule has 27 nitrogen and oxygen atoms in total. The Morgan fingerprint density at radius 1 is 0.357 bits per heavy atom. The Labute approximate surface area is 801 Å². The molecule has 0 aliphatic carbocycles. The number of carbonyl (C=O) groups is 7. The number of pyridine rings is 7. The first-order valence-corrected chi connectivity index (χ1v) is 43.0. The lowest BCUT2D eigenvalue weighted by molar-refractivity contribution is 0.0990. The van der Waals surface area contributed by atoms with Crippen molar-refractivity contribution in [1.29, 1.82) is 0 Å². The van der Waals surface area contributed by atoms with Crippen molar-refractivity contribution in [2.45, 2.75) is 6.92 Å². The fourth-order valence-corrected chi connectivity index (χ4v) is 14.1. The molecule has 18 rings (SSSR count). The number of hydrogen-bond donors (Lipinski definition) is 10. The maximum absolute atomic E-state index is 13.1. The molecule has 14 aromatic heterocycles. The number of nitrogens with one attached hydrogen (secondary N) is 10. The van der Waals surface area contributed by atoms with Gasteiger partial charge in [0.05, 0.1) is 92.4 Å². The third kappa shape index (κ3) is 28.1. The van der Waals surface area contributed by atoms with Crippen LogP contribution in [0.4, 0.5) is 44.2 Å². The average Bonchev–Trinajstić information content (AvgIpc) is 1.65. The Morgan fingerprint density at radius 3 is 1.19 bits per heavy atom. The second-order valence-electron chi connectivity index (χ2n) is 25.9. The molecular weight excluding hydrogens is 1970 g/mol. The van der Waals surface area contributed by atoms with E-state index in [9.17, 15) is 38.0 Å². The number of carbonyl (C=O) groups excluding carboxylic acids is 7. The highest BCUT2D eigenvalue weighted by Crippen LogP contribution is 2.32. The molecule has 43 heteroatoms. The molecule has 0 spiro atoms. The van der Waals surface area contributed by atoms with E-state index in [1.807, 2.05) is 37.3 Å². The Balaban J connectivity index is 0.000000137. The number of aromatic amines is 3. The highest BCUT2D eigenvalue weighted by atomic mass is 35.5. The molecule has 10 N–H and O–H groups in total. The van der Waals surface area contributed by atoms with Crippen LogP contribution in [0.3, 0.4) is 0 Å². The van der Waals surface area contributed by atoms with Crippen LogP contribution in [-0.4, -0.2) is 95.6 Å². The van der Waals surface area contributed by atoms with Crippen LogP contribution in [0.1, 0.15) is 78.3 Å². The zero-order valence-electron chi connectivity index (χ0n) is 65.0. The number of rotatable bonds is 14. The summed E-state index contributed by atoms with van der Waals surface area (Å²) in [5, 5.41) is 26.2. The van der Waals surface area contributed by atoms with Crippen molar-refractivity contribution >= 4 is 299 Å². The first-order chi connectivity index (χ1) is 61.9. The average molecular weight is 2030 g/mol. The van der Waals surface area contributed by atoms with Gasteiger partial charge in [0.1, 0.15) is 73.9 Å². The van der Waals surface area contributed by atoms with Crippen molar-refractivity contribution in [3.8, 4) is 0 Å². The molecule has 18 aromatic rings. The summed E-state index contributed by atoms with van der Waals surface area (Å²) in [6.07, 6.45) is 10.3. The third-order valence-corrected chi connectivity index (χ3v) is 21.9. The van der Waals surface area contributed by atoms with Crippen LogP contribution in [0.5, 0.6) is 0 Å². The summed E-state index contributed by atoms with van der Waals surface area (Å²) in [6.45, 7) is 1.92. The maximum atomic E-state index is 13.1. The quantitative estimate of drug-likeness (QED) is 0.0452. The molecule has 652 valence electrons. The highest BCUT2D eigenvalue weighted by molar-refractivity contribution is 7.18. The number of halogens is 14. The van der Waals surface area contributed by atoms with Crippen molar-refractivity contribution in [3.63, 3.8) is 0 Å². The van der Waals surface area contributed by atoms with Gasteiger partial charge in [-0.25, -0.2) is 39.3 Å².